The molecule has 1 aromatic rings. The summed E-state index contributed by atoms with van der Waals surface area (Å²) in [6.45, 7) is 1.08. The Morgan fingerprint density at radius 2 is 2.05 bits per heavy atom. The highest BCUT2D eigenvalue weighted by atomic mass is 16.4. The van der Waals surface area contributed by atoms with Crippen LogP contribution in [0.4, 0.5) is 0 Å². The van der Waals surface area contributed by atoms with E-state index in [1.54, 1.807) is 4.90 Å². The average molecular weight is 274 g/mol. The lowest BCUT2D eigenvalue weighted by Crippen LogP contribution is -2.45. The Kier molecular flexibility index (Phi) is 3.01. The molecule has 1 aliphatic carbocycles. The number of amides is 1. The molecule has 1 heterocycles. The lowest BCUT2D eigenvalue weighted by Gasteiger charge is -2.35. The molecule has 0 spiro atoms. The fraction of sp³-hybridized carbons (Fsp3) is 0.467. The van der Waals surface area contributed by atoms with E-state index in [9.17, 15) is 14.7 Å². The Labute approximate surface area is 117 Å². The third-order valence-corrected chi connectivity index (χ3v) is 4.48. The molecular formula is C15H18N2O3. The molecule has 0 aromatic heterocycles. The SMILES string of the molecule is NCC1(C(=O)N2Cc3ccccc3C(C(=O)O)C2)CC1. The summed E-state index contributed by atoms with van der Waals surface area (Å²) in [5.41, 5.74) is 7.02. The van der Waals surface area contributed by atoms with Gasteiger partial charge in [0.1, 0.15) is 0 Å². The van der Waals surface area contributed by atoms with E-state index in [1.807, 2.05) is 24.3 Å². The summed E-state index contributed by atoms with van der Waals surface area (Å²) in [5, 5.41) is 9.40. The van der Waals surface area contributed by atoms with Crippen LogP contribution in [-0.4, -0.2) is 35.0 Å². The summed E-state index contributed by atoms with van der Waals surface area (Å²) in [4.78, 5) is 25.7. The number of carboxylic acid groups (broad SMARTS) is 1. The summed E-state index contributed by atoms with van der Waals surface area (Å²) >= 11 is 0. The highest BCUT2D eigenvalue weighted by Gasteiger charge is 2.51. The van der Waals surface area contributed by atoms with Crippen molar-refractivity contribution in [2.45, 2.75) is 25.3 Å². The van der Waals surface area contributed by atoms with E-state index in [0.29, 0.717) is 13.1 Å². The molecule has 5 heteroatoms. The Morgan fingerprint density at radius 3 is 2.65 bits per heavy atom. The summed E-state index contributed by atoms with van der Waals surface area (Å²) in [6.07, 6.45) is 1.64. The number of rotatable bonds is 3. The first-order valence-corrected chi connectivity index (χ1v) is 6.87. The highest BCUT2D eigenvalue weighted by Crippen LogP contribution is 2.47. The van der Waals surface area contributed by atoms with Crippen LogP contribution in [0, 0.1) is 5.41 Å². The lowest BCUT2D eigenvalue weighted by atomic mass is 9.89. The molecule has 106 valence electrons. The minimum absolute atomic E-state index is 0.0146. The zero-order valence-corrected chi connectivity index (χ0v) is 11.2. The predicted molar refractivity (Wildman–Crippen MR) is 73.0 cm³/mol. The van der Waals surface area contributed by atoms with Crippen LogP contribution in [0.1, 0.15) is 29.9 Å². The molecule has 1 unspecified atom stereocenters. The molecule has 0 radical (unpaired) electrons. The summed E-state index contributed by atoms with van der Waals surface area (Å²) < 4.78 is 0. The van der Waals surface area contributed by atoms with Gasteiger partial charge in [-0.15, -0.1) is 0 Å². The molecule has 2 aliphatic rings. The van der Waals surface area contributed by atoms with Gasteiger partial charge >= 0.3 is 5.97 Å². The average Bonchev–Trinajstić information content (AvgIpc) is 3.26. The molecule has 0 saturated heterocycles. The van der Waals surface area contributed by atoms with Crippen molar-refractivity contribution in [1.82, 2.24) is 4.90 Å². The lowest BCUT2D eigenvalue weighted by molar-refractivity contribution is -0.143. The van der Waals surface area contributed by atoms with Gasteiger partial charge in [0.2, 0.25) is 5.91 Å². The number of fused-ring (bicyclic) bond motifs is 1. The number of aliphatic carboxylic acids is 1. The normalized spacial score (nSPS) is 23.1. The van der Waals surface area contributed by atoms with Crippen molar-refractivity contribution in [3.05, 3.63) is 35.4 Å². The van der Waals surface area contributed by atoms with Gasteiger partial charge in [-0.1, -0.05) is 24.3 Å². The van der Waals surface area contributed by atoms with Crippen LogP contribution in [0.15, 0.2) is 24.3 Å². The van der Waals surface area contributed by atoms with Crippen molar-refractivity contribution < 1.29 is 14.7 Å². The van der Waals surface area contributed by atoms with E-state index < -0.39 is 17.3 Å². The monoisotopic (exact) mass is 274 g/mol. The van der Waals surface area contributed by atoms with Gasteiger partial charge in [0.25, 0.3) is 0 Å². The maximum absolute atomic E-state index is 12.5. The first-order chi connectivity index (χ1) is 9.57. The zero-order chi connectivity index (χ0) is 14.3. The predicted octanol–water partition coefficient (Wildman–Crippen LogP) is 0.936. The third-order valence-electron chi connectivity index (χ3n) is 4.48. The Bertz CT molecular complexity index is 566. The van der Waals surface area contributed by atoms with Crippen molar-refractivity contribution in [2.75, 3.05) is 13.1 Å². The van der Waals surface area contributed by atoms with Gasteiger partial charge in [0, 0.05) is 19.6 Å². The van der Waals surface area contributed by atoms with Gasteiger partial charge in [-0.3, -0.25) is 9.59 Å². The van der Waals surface area contributed by atoms with E-state index in [0.717, 1.165) is 24.0 Å². The summed E-state index contributed by atoms with van der Waals surface area (Å²) in [5.74, 6) is -1.51. The highest BCUT2D eigenvalue weighted by molar-refractivity contribution is 5.87. The molecule has 1 atom stereocenters. The number of benzene rings is 1. The van der Waals surface area contributed by atoms with Crippen molar-refractivity contribution in [2.24, 2.45) is 11.1 Å². The standard InChI is InChI=1S/C15H18N2O3/c16-9-15(5-6-15)14(20)17-7-10-3-1-2-4-11(10)12(8-17)13(18)19/h1-4,12H,5-9,16H2,(H,18,19). The first-order valence-electron chi connectivity index (χ1n) is 6.87. The molecule has 5 nitrogen and oxygen atoms in total. The second-order valence-corrected chi connectivity index (χ2v) is 5.76. The molecule has 1 aromatic carbocycles. The smallest absolute Gasteiger partial charge is 0.312 e. The van der Waals surface area contributed by atoms with E-state index in [4.69, 9.17) is 5.73 Å². The number of nitrogens with two attached hydrogens (primary N) is 1. The molecule has 1 amide bonds. The first kappa shape index (κ1) is 13.1. The van der Waals surface area contributed by atoms with E-state index in [2.05, 4.69) is 0 Å². The molecular weight excluding hydrogens is 256 g/mol. The van der Waals surface area contributed by atoms with E-state index >= 15 is 0 Å². The number of carbonyl (C=O) groups is 2. The van der Waals surface area contributed by atoms with Crippen LogP contribution in [-0.2, 0) is 16.1 Å². The molecule has 20 heavy (non-hydrogen) atoms. The van der Waals surface area contributed by atoms with E-state index in [-0.39, 0.29) is 12.5 Å². The number of carboxylic acids is 1. The van der Waals surface area contributed by atoms with Gasteiger partial charge in [-0.25, -0.2) is 0 Å². The number of hydrogen-bond acceptors (Lipinski definition) is 3. The maximum Gasteiger partial charge on any atom is 0.312 e. The Balaban J connectivity index is 1.90. The number of carbonyl (C=O) groups excluding carboxylic acids is 1. The quantitative estimate of drug-likeness (QED) is 0.859. The summed E-state index contributed by atoms with van der Waals surface area (Å²) in [7, 11) is 0. The van der Waals surface area contributed by atoms with Crippen LogP contribution < -0.4 is 5.73 Å². The van der Waals surface area contributed by atoms with Crippen LogP contribution in [0.25, 0.3) is 0 Å². The topological polar surface area (TPSA) is 83.6 Å². The number of nitrogens with zero attached hydrogens (tertiary/aromatic N) is 1. The van der Waals surface area contributed by atoms with Crippen LogP contribution in [0.5, 0.6) is 0 Å². The van der Waals surface area contributed by atoms with Crippen LogP contribution in [0.2, 0.25) is 0 Å². The Morgan fingerprint density at radius 1 is 1.35 bits per heavy atom. The second-order valence-electron chi connectivity index (χ2n) is 5.76. The zero-order valence-electron chi connectivity index (χ0n) is 11.2. The van der Waals surface area contributed by atoms with Gasteiger partial charge < -0.3 is 15.7 Å². The maximum atomic E-state index is 12.5. The molecule has 1 fully saturated rings. The Hall–Kier alpha value is -1.88. The fourth-order valence-electron chi connectivity index (χ4n) is 2.96. The third kappa shape index (κ3) is 1.98. The van der Waals surface area contributed by atoms with Crippen molar-refractivity contribution in [3.8, 4) is 0 Å². The van der Waals surface area contributed by atoms with Gasteiger partial charge in [-0.05, 0) is 24.0 Å². The molecule has 3 N–H and O–H groups in total. The van der Waals surface area contributed by atoms with Crippen molar-refractivity contribution in [3.63, 3.8) is 0 Å². The minimum Gasteiger partial charge on any atom is -0.481 e. The van der Waals surface area contributed by atoms with Gasteiger partial charge in [0.05, 0.1) is 11.3 Å². The largest absolute Gasteiger partial charge is 0.481 e. The van der Waals surface area contributed by atoms with Crippen molar-refractivity contribution >= 4 is 11.9 Å². The van der Waals surface area contributed by atoms with Crippen LogP contribution in [0.3, 0.4) is 0 Å². The molecule has 0 bridgehead atoms. The molecule has 1 saturated carbocycles. The summed E-state index contributed by atoms with van der Waals surface area (Å²) in [6, 6.07) is 7.45. The second kappa shape index (κ2) is 4.59. The molecule has 1 aliphatic heterocycles. The van der Waals surface area contributed by atoms with E-state index in [1.165, 1.54) is 0 Å². The minimum atomic E-state index is -0.882. The van der Waals surface area contributed by atoms with Gasteiger partial charge in [-0.2, -0.15) is 0 Å². The fourth-order valence-corrected chi connectivity index (χ4v) is 2.96. The van der Waals surface area contributed by atoms with Gasteiger partial charge in [0.15, 0.2) is 0 Å². The molecule has 3 rings (SSSR count). The number of hydrogen-bond donors (Lipinski definition) is 2. The van der Waals surface area contributed by atoms with Crippen LogP contribution >= 0.6 is 0 Å². The van der Waals surface area contributed by atoms with Crippen molar-refractivity contribution in [1.29, 1.82) is 0 Å².